The summed E-state index contributed by atoms with van der Waals surface area (Å²) in [7, 11) is -3.24. The normalized spacial score (nSPS) is 39.7. The van der Waals surface area contributed by atoms with E-state index in [0.717, 1.165) is 47.9 Å². The van der Waals surface area contributed by atoms with Crippen molar-refractivity contribution in [2.75, 3.05) is 29.6 Å². The van der Waals surface area contributed by atoms with Crippen molar-refractivity contribution in [3.63, 3.8) is 0 Å². The number of rotatable bonds is 9. The third kappa shape index (κ3) is 6.10. The number of para-hydroxylation sites is 2. The van der Waals surface area contributed by atoms with Gasteiger partial charge in [0.1, 0.15) is 6.04 Å². The summed E-state index contributed by atoms with van der Waals surface area (Å²) in [5, 5.41) is 3.50. The van der Waals surface area contributed by atoms with Gasteiger partial charge >= 0.3 is 7.60 Å². The van der Waals surface area contributed by atoms with Gasteiger partial charge < -0.3 is 19.3 Å². The first kappa shape index (κ1) is 31.6. The van der Waals surface area contributed by atoms with Gasteiger partial charge in [-0.25, -0.2) is 0 Å². The summed E-state index contributed by atoms with van der Waals surface area (Å²) in [6, 6.07) is 9.69. The molecular weight excluding hydrogens is 557 g/mol. The molecule has 3 heterocycles. The molecular formula is C35H56N3O4P. The van der Waals surface area contributed by atoms with Crippen molar-refractivity contribution in [2.24, 2.45) is 35.5 Å². The van der Waals surface area contributed by atoms with Gasteiger partial charge in [0.2, 0.25) is 5.91 Å². The van der Waals surface area contributed by atoms with Gasteiger partial charge in [-0.2, -0.15) is 0 Å². The maximum atomic E-state index is 14.4. The van der Waals surface area contributed by atoms with Crippen LogP contribution < -0.4 is 10.2 Å². The van der Waals surface area contributed by atoms with Crippen LogP contribution in [0.1, 0.15) is 92.9 Å². The average Bonchev–Trinajstić information content (AvgIpc) is 2.98. The molecule has 2 saturated carbocycles. The summed E-state index contributed by atoms with van der Waals surface area (Å²) in [5.41, 5.74) is 1.99. The maximum Gasteiger partial charge on any atom is 0.330 e. The topological polar surface area (TPSA) is 71.1 Å². The Hall–Kier alpha value is -1.40. The van der Waals surface area contributed by atoms with E-state index in [1.807, 2.05) is 26.0 Å². The Balaban J connectivity index is 1.25. The van der Waals surface area contributed by atoms with Gasteiger partial charge in [0.25, 0.3) is 0 Å². The van der Waals surface area contributed by atoms with E-state index in [2.05, 4.69) is 54.9 Å². The van der Waals surface area contributed by atoms with Crippen LogP contribution in [0.4, 0.5) is 11.4 Å². The van der Waals surface area contributed by atoms with Crippen molar-refractivity contribution in [3.05, 3.63) is 24.3 Å². The molecule has 0 radical (unpaired) electrons. The Morgan fingerprint density at radius 3 is 1.98 bits per heavy atom. The molecule has 11 atom stereocenters. The molecule has 3 unspecified atom stereocenters. The monoisotopic (exact) mass is 613 g/mol. The summed E-state index contributed by atoms with van der Waals surface area (Å²) in [5.74, 6) is 4.77. The highest BCUT2D eigenvalue weighted by Crippen LogP contribution is 2.53. The van der Waals surface area contributed by atoms with Gasteiger partial charge in [-0.1, -0.05) is 39.8 Å². The van der Waals surface area contributed by atoms with E-state index in [1.165, 1.54) is 32.1 Å². The fourth-order valence-corrected chi connectivity index (χ4v) is 11.8. The highest BCUT2D eigenvalue weighted by molar-refractivity contribution is 7.53. The van der Waals surface area contributed by atoms with E-state index in [1.54, 1.807) is 0 Å². The van der Waals surface area contributed by atoms with E-state index in [-0.39, 0.29) is 18.1 Å². The molecule has 6 rings (SSSR count). The number of amides is 1. The van der Waals surface area contributed by atoms with Crippen LogP contribution in [0.5, 0.6) is 0 Å². The fraction of sp³-hybridized carbons (Fsp3) is 0.800. The maximum absolute atomic E-state index is 14.4. The molecule has 1 aromatic carbocycles. The van der Waals surface area contributed by atoms with Crippen molar-refractivity contribution < 1.29 is 18.4 Å². The van der Waals surface area contributed by atoms with Crippen molar-refractivity contribution in [2.45, 2.75) is 123 Å². The van der Waals surface area contributed by atoms with Crippen LogP contribution in [-0.2, 0) is 18.4 Å². The smallest absolute Gasteiger partial charge is 0.330 e. The summed E-state index contributed by atoms with van der Waals surface area (Å²) >= 11 is 0. The third-order valence-corrected chi connectivity index (χ3v) is 14.2. The highest BCUT2D eigenvalue weighted by atomic mass is 31.2. The van der Waals surface area contributed by atoms with Crippen LogP contribution in [-0.4, -0.2) is 60.4 Å². The van der Waals surface area contributed by atoms with Gasteiger partial charge in [-0.05, 0) is 113 Å². The lowest BCUT2D eigenvalue weighted by atomic mass is 9.60. The molecule has 0 spiro atoms. The summed E-state index contributed by atoms with van der Waals surface area (Å²) in [4.78, 5) is 19.5. The minimum Gasteiger partial charge on any atom is -0.372 e. The van der Waals surface area contributed by atoms with Crippen molar-refractivity contribution in [1.29, 1.82) is 0 Å². The van der Waals surface area contributed by atoms with Crippen molar-refractivity contribution in [3.8, 4) is 0 Å². The number of piperidine rings is 2. The van der Waals surface area contributed by atoms with Crippen LogP contribution in [0.15, 0.2) is 24.3 Å². The Kier molecular flexibility index (Phi) is 9.38. The number of benzene rings is 1. The van der Waals surface area contributed by atoms with Crippen molar-refractivity contribution in [1.82, 2.24) is 4.90 Å². The van der Waals surface area contributed by atoms with E-state index in [9.17, 15) is 9.36 Å². The predicted octanol–water partition coefficient (Wildman–Crippen LogP) is 7.81. The number of carbonyl (C=O) groups excluding carboxylic acids is 1. The molecule has 0 aromatic heterocycles. The number of hydrogen-bond acceptors (Lipinski definition) is 6. The zero-order valence-corrected chi connectivity index (χ0v) is 28.3. The molecule has 240 valence electrons. The first-order valence-corrected chi connectivity index (χ1v) is 19.2. The number of nitrogens with one attached hydrogen (secondary N) is 1. The second-order valence-corrected chi connectivity index (χ2v) is 17.0. The zero-order valence-electron chi connectivity index (χ0n) is 27.4. The molecule has 1 N–H and O–H groups in total. The standard InChI is InChI=1S/C35H56N3O4P/c1-7-41-43(40,42-8-2)14-13-31-35(39)38(32-12-10-9-11-30(32)36-31)29-20-33-24(5)16-25(6)34(21-29)37(33)28-18-26-17-27(19-28)23(4)15-22(26)3/h9-12,22-29,31,33-34,36H,7-8,13-21H2,1-6H3/t22-,23+,24-,25+,26+,27-,28?,29?,31?,33+,34-. The van der Waals surface area contributed by atoms with Gasteiger partial charge in [0.05, 0.1) is 30.8 Å². The van der Waals surface area contributed by atoms with E-state index < -0.39 is 13.6 Å². The van der Waals surface area contributed by atoms with E-state index in [0.29, 0.717) is 49.6 Å². The number of carbonyl (C=O) groups is 1. The van der Waals surface area contributed by atoms with Gasteiger partial charge in [-0.15, -0.1) is 0 Å². The van der Waals surface area contributed by atoms with Crippen LogP contribution in [0.25, 0.3) is 0 Å². The molecule has 8 heteroatoms. The number of anilines is 2. The molecule has 5 aliphatic rings. The molecule has 4 bridgehead atoms. The minimum absolute atomic E-state index is 0.102. The molecule has 1 aromatic rings. The lowest BCUT2D eigenvalue weighted by Crippen LogP contribution is -2.67. The lowest BCUT2D eigenvalue weighted by Gasteiger charge is -2.61. The van der Waals surface area contributed by atoms with Crippen LogP contribution in [0, 0.1) is 35.5 Å². The number of nitrogens with zero attached hydrogens (tertiary/aromatic N) is 2. The van der Waals surface area contributed by atoms with E-state index in [4.69, 9.17) is 9.05 Å². The van der Waals surface area contributed by atoms with Gasteiger partial charge in [-0.3, -0.25) is 14.3 Å². The lowest BCUT2D eigenvalue weighted by molar-refractivity contribution is -0.122. The first-order valence-electron chi connectivity index (χ1n) is 17.5. The molecule has 4 fully saturated rings. The Bertz CT molecular complexity index is 1150. The second kappa shape index (κ2) is 12.8. The Morgan fingerprint density at radius 2 is 1.37 bits per heavy atom. The van der Waals surface area contributed by atoms with Crippen molar-refractivity contribution >= 4 is 24.9 Å². The summed E-state index contributed by atoms with van der Waals surface area (Å²) in [6.07, 6.45) is 9.55. The molecule has 7 nitrogen and oxygen atoms in total. The molecule has 3 aliphatic heterocycles. The minimum atomic E-state index is -3.24. The second-order valence-electron chi connectivity index (χ2n) is 14.8. The SMILES string of the molecule is CCOP(=O)(CCC1Nc2ccccc2N(C2C[C@@H]3[C@@H](C)C[C@@H](C)[C@H](C2)N3C2C[C@@H]3C[C@H](C2)[C@@H](C)C[C@H]3C)C1=O)OCC. The molecule has 1 amide bonds. The fourth-order valence-electron chi connectivity index (χ4n) is 10.1. The number of hydrogen-bond donors (Lipinski definition) is 1. The molecule has 2 aliphatic carbocycles. The largest absolute Gasteiger partial charge is 0.372 e. The zero-order chi connectivity index (χ0) is 30.5. The van der Waals surface area contributed by atoms with Gasteiger partial charge in [0.15, 0.2) is 0 Å². The quantitative estimate of drug-likeness (QED) is 0.287. The molecule has 43 heavy (non-hydrogen) atoms. The third-order valence-electron chi connectivity index (χ3n) is 12.1. The van der Waals surface area contributed by atoms with Crippen LogP contribution in [0.2, 0.25) is 0 Å². The number of fused-ring (bicyclic) bond motifs is 5. The Morgan fingerprint density at radius 1 is 0.791 bits per heavy atom. The summed E-state index contributed by atoms with van der Waals surface area (Å²) < 4.78 is 24.4. The predicted molar refractivity (Wildman–Crippen MR) is 175 cm³/mol. The summed E-state index contributed by atoms with van der Waals surface area (Å²) in [6.45, 7) is 14.3. The molecule has 2 saturated heterocycles. The average molecular weight is 614 g/mol. The van der Waals surface area contributed by atoms with Gasteiger partial charge in [0, 0.05) is 24.2 Å². The van der Waals surface area contributed by atoms with Crippen LogP contribution in [0.3, 0.4) is 0 Å². The van der Waals surface area contributed by atoms with E-state index >= 15 is 0 Å². The van der Waals surface area contributed by atoms with Crippen LogP contribution >= 0.6 is 7.60 Å². The highest BCUT2D eigenvalue weighted by Gasteiger charge is 2.52. The first-order chi connectivity index (χ1) is 20.6. The Labute approximate surface area is 260 Å².